The zero-order valence-corrected chi connectivity index (χ0v) is 15.2. The van der Waals surface area contributed by atoms with E-state index >= 15 is 0 Å². The predicted octanol–water partition coefficient (Wildman–Crippen LogP) is 2.10. The Bertz CT molecular complexity index is 825. The average molecular weight is 353 g/mol. The van der Waals surface area contributed by atoms with Gasteiger partial charge in [0.05, 0.1) is 24.3 Å². The summed E-state index contributed by atoms with van der Waals surface area (Å²) in [6.45, 7) is 4.56. The summed E-state index contributed by atoms with van der Waals surface area (Å²) < 4.78 is 10.9. The minimum absolute atomic E-state index is 0.0190. The van der Waals surface area contributed by atoms with Crippen LogP contribution in [0, 0.1) is 6.92 Å². The fraction of sp³-hybridized carbons (Fsp3) is 0.450. The first-order valence-corrected chi connectivity index (χ1v) is 8.91. The summed E-state index contributed by atoms with van der Waals surface area (Å²) in [5, 5.41) is 0. The molecular formula is C20H23N3O3. The van der Waals surface area contributed by atoms with E-state index in [4.69, 9.17) is 19.4 Å². The van der Waals surface area contributed by atoms with E-state index < -0.39 is 0 Å². The second-order valence-corrected chi connectivity index (χ2v) is 7.10. The van der Waals surface area contributed by atoms with E-state index in [1.807, 2.05) is 42.2 Å². The topological polar surface area (TPSA) is 64.5 Å². The molecule has 26 heavy (non-hydrogen) atoms. The third kappa shape index (κ3) is 2.89. The van der Waals surface area contributed by atoms with E-state index in [1.54, 1.807) is 7.11 Å². The quantitative estimate of drug-likeness (QED) is 0.845. The maximum atomic E-state index is 12.3. The number of hydrogen-bond acceptors (Lipinski definition) is 5. The molecule has 2 aliphatic heterocycles. The number of carbonyl (C=O) groups is 1. The number of likely N-dealkylation sites (tertiary alicyclic amines) is 1. The fourth-order valence-corrected chi connectivity index (χ4v) is 3.95. The first-order valence-electron chi connectivity index (χ1n) is 8.91. The summed E-state index contributed by atoms with van der Waals surface area (Å²) in [7, 11) is 1.55. The Morgan fingerprint density at radius 1 is 1.31 bits per heavy atom. The molecule has 1 fully saturated rings. The smallest absolute Gasteiger partial charge is 0.248 e. The van der Waals surface area contributed by atoms with Crippen LogP contribution >= 0.6 is 0 Å². The van der Waals surface area contributed by atoms with E-state index in [0.717, 1.165) is 34.8 Å². The van der Waals surface area contributed by atoms with Crippen LogP contribution in [-0.4, -0.2) is 54.2 Å². The molecule has 0 radical (unpaired) electrons. The highest BCUT2D eigenvalue weighted by molar-refractivity contribution is 5.78. The molecule has 0 N–H and O–H groups in total. The number of ether oxygens (including phenoxy) is 2. The zero-order valence-electron chi connectivity index (χ0n) is 15.2. The molecule has 6 heteroatoms. The van der Waals surface area contributed by atoms with Crippen LogP contribution in [-0.2, 0) is 26.3 Å². The monoisotopic (exact) mass is 353 g/mol. The highest BCUT2D eigenvalue weighted by atomic mass is 16.5. The Labute approximate surface area is 153 Å². The van der Waals surface area contributed by atoms with Crippen molar-refractivity contribution in [3.05, 3.63) is 47.3 Å². The third-order valence-corrected chi connectivity index (χ3v) is 5.35. The summed E-state index contributed by atoms with van der Waals surface area (Å²) >= 11 is 0. The van der Waals surface area contributed by atoms with E-state index in [0.29, 0.717) is 26.3 Å². The highest BCUT2D eigenvalue weighted by Crippen LogP contribution is 2.40. The van der Waals surface area contributed by atoms with Crippen LogP contribution in [0.15, 0.2) is 30.3 Å². The molecule has 0 bridgehead atoms. The van der Waals surface area contributed by atoms with E-state index in [2.05, 4.69) is 0 Å². The number of benzene rings is 1. The van der Waals surface area contributed by atoms with Crippen molar-refractivity contribution in [1.82, 2.24) is 14.9 Å². The van der Waals surface area contributed by atoms with Crippen LogP contribution in [0.2, 0.25) is 0 Å². The number of carbonyl (C=O) groups excluding carboxylic acids is 1. The van der Waals surface area contributed by atoms with Gasteiger partial charge in [-0.05, 0) is 13.3 Å². The Morgan fingerprint density at radius 2 is 2.12 bits per heavy atom. The molecule has 3 heterocycles. The molecule has 6 nitrogen and oxygen atoms in total. The second kappa shape index (κ2) is 6.78. The number of hydrogen-bond donors (Lipinski definition) is 0. The average Bonchev–Trinajstić information content (AvgIpc) is 3.08. The predicted molar refractivity (Wildman–Crippen MR) is 96.6 cm³/mol. The molecule has 1 spiro atoms. The van der Waals surface area contributed by atoms with Crippen LogP contribution in [0.4, 0.5) is 0 Å². The van der Waals surface area contributed by atoms with Crippen molar-refractivity contribution >= 4 is 5.91 Å². The number of aromatic nitrogens is 2. The van der Waals surface area contributed by atoms with Crippen molar-refractivity contribution in [2.75, 3.05) is 33.4 Å². The third-order valence-electron chi connectivity index (χ3n) is 5.35. The van der Waals surface area contributed by atoms with Gasteiger partial charge in [-0.25, -0.2) is 9.97 Å². The molecule has 0 aliphatic carbocycles. The van der Waals surface area contributed by atoms with Crippen molar-refractivity contribution in [2.45, 2.75) is 25.4 Å². The van der Waals surface area contributed by atoms with Crippen molar-refractivity contribution in [2.24, 2.45) is 0 Å². The van der Waals surface area contributed by atoms with Gasteiger partial charge < -0.3 is 14.4 Å². The number of nitrogens with zero attached hydrogens (tertiary/aromatic N) is 3. The van der Waals surface area contributed by atoms with Gasteiger partial charge >= 0.3 is 0 Å². The van der Waals surface area contributed by atoms with Crippen LogP contribution in [0.1, 0.15) is 23.4 Å². The minimum Gasteiger partial charge on any atom is -0.376 e. The van der Waals surface area contributed by atoms with Gasteiger partial charge in [0.15, 0.2) is 5.82 Å². The molecule has 2 aliphatic rings. The van der Waals surface area contributed by atoms with Crippen molar-refractivity contribution in [3.63, 3.8) is 0 Å². The highest BCUT2D eigenvalue weighted by Gasteiger charge is 2.46. The molecule has 1 saturated heterocycles. The van der Waals surface area contributed by atoms with Crippen LogP contribution in [0.25, 0.3) is 11.4 Å². The van der Waals surface area contributed by atoms with Gasteiger partial charge in [-0.3, -0.25) is 4.79 Å². The molecule has 136 valence electrons. The van der Waals surface area contributed by atoms with Gasteiger partial charge in [0, 0.05) is 37.0 Å². The van der Waals surface area contributed by atoms with Gasteiger partial charge in [0.25, 0.3) is 0 Å². The SMILES string of the molecule is COCC(=O)N1CCC2(COCc3c(C)nc(-c4ccccc4)nc32)C1. The van der Waals surface area contributed by atoms with Crippen LogP contribution in [0.3, 0.4) is 0 Å². The first kappa shape index (κ1) is 17.1. The molecule has 1 amide bonds. The largest absolute Gasteiger partial charge is 0.376 e. The Morgan fingerprint density at radius 3 is 2.88 bits per heavy atom. The van der Waals surface area contributed by atoms with Crippen molar-refractivity contribution in [3.8, 4) is 11.4 Å². The zero-order chi connectivity index (χ0) is 18.1. The van der Waals surface area contributed by atoms with Crippen LogP contribution < -0.4 is 0 Å². The molecule has 1 unspecified atom stereocenters. The molecule has 0 saturated carbocycles. The maximum absolute atomic E-state index is 12.3. The van der Waals surface area contributed by atoms with Gasteiger partial charge in [-0.1, -0.05) is 30.3 Å². The summed E-state index contributed by atoms with van der Waals surface area (Å²) in [6, 6.07) is 10.0. The van der Waals surface area contributed by atoms with Gasteiger partial charge in [0.2, 0.25) is 5.91 Å². The van der Waals surface area contributed by atoms with E-state index in [9.17, 15) is 4.79 Å². The normalized spacial score (nSPS) is 21.8. The summed E-state index contributed by atoms with van der Waals surface area (Å²) in [5.74, 6) is 0.760. The lowest BCUT2D eigenvalue weighted by atomic mass is 9.80. The molecule has 2 aromatic rings. The number of aryl methyl sites for hydroxylation is 1. The number of fused-ring (bicyclic) bond motifs is 2. The summed E-state index contributed by atoms with van der Waals surface area (Å²) in [5.41, 5.74) is 3.81. The van der Waals surface area contributed by atoms with Crippen molar-refractivity contribution < 1.29 is 14.3 Å². The molecular weight excluding hydrogens is 330 g/mol. The van der Waals surface area contributed by atoms with Crippen molar-refractivity contribution in [1.29, 1.82) is 0 Å². The van der Waals surface area contributed by atoms with E-state index in [1.165, 1.54) is 0 Å². The Kier molecular flexibility index (Phi) is 4.46. The first-order chi connectivity index (χ1) is 12.6. The molecule has 4 rings (SSSR count). The Hall–Kier alpha value is -2.31. The standard InChI is InChI=1S/C20H23N3O3/c1-14-16-10-26-13-20(8-9-23(12-20)17(24)11-25-2)18(16)22-19(21-14)15-6-4-3-5-7-15/h3-7H,8-13H2,1-2H3. The summed E-state index contributed by atoms with van der Waals surface area (Å²) in [4.78, 5) is 23.8. The lowest BCUT2D eigenvalue weighted by molar-refractivity contribution is -0.134. The molecule has 1 aromatic heterocycles. The molecule has 1 aromatic carbocycles. The lowest BCUT2D eigenvalue weighted by Gasteiger charge is -2.35. The molecule has 1 atom stereocenters. The maximum Gasteiger partial charge on any atom is 0.248 e. The fourth-order valence-electron chi connectivity index (χ4n) is 3.95. The van der Waals surface area contributed by atoms with E-state index in [-0.39, 0.29) is 17.9 Å². The van der Waals surface area contributed by atoms with Crippen LogP contribution in [0.5, 0.6) is 0 Å². The van der Waals surface area contributed by atoms with Gasteiger partial charge in [-0.2, -0.15) is 0 Å². The number of methoxy groups -OCH3 is 1. The summed E-state index contributed by atoms with van der Waals surface area (Å²) in [6.07, 6.45) is 0.847. The number of rotatable bonds is 3. The van der Waals surface area contributed by atoms with Gasteiger partial charge in [-0.15, -0.1) is 0 Å². The minimum atomic E-state index is -0.256. The lowest BCUT2D eigenvalue weighted by Crippen LogP contribution is -2.42. The van der Waals surface area contributed by atoms with Gasteiger partial charge in [0.1, 0.15) is 6.61 Å². The Balaban J connectivity index is 1.74. The number of amides is 1. The second-order valence-electron chi connectivity index (χ2n) is 7.10.